The van der Waals surface area contributed by atoms with Crippen LogP contribution >= 0.6 is 15.9 Å². The lowest BCUT2D eigenvalue weighted by Gasteiger charge is -2.08. The molecule has 4 heteroatoms. The Morgan fingerprint density at radius 1 is 1.62 bits per heavy atom. The van der Waals surface area contributed by atoms with E-state index in [-0.39, 0.29) is 11.8 Å². The van der Waals surface area contributed by atoms with Gasteiger partial charge in [0.15, 0.2) is 0 Å². The van der Waals surface area contributed by atoms with Gasteiger partial charge in [0.05, 0.1) is 5.92 Å². The van der Waals surface area contributed by atoms with E-state index in [0.717, 1.165) is 23.1 Å². The number of aryl methyl sites for hydroxylation is 1. The monoisotopic (exact) mass is 283 g/mol. The highest BCUT2D eigenvalue weighted by molar-refractivity contribution is 9.10. The van der Waals surface area contributed by atoms with Crippen molar-refractivity contribution in [2.75, 3.05) is 11.9 Å². The Labute approximate surface area is 103 Å². The number of hydrogen-bond acceptors (Lipinski definition) is 2. The lowest BCUT2D eigenvalue weighted by Crippen LogP contribution is -2.08. The Morgan fingerprint density at radius 2 is 2.38 bits per heavy atom. The predicted molar refractivity (Wildman–Crippen MR) is 66.6 cm³/mol. The van der Waals surface area contributed by atoms with Gasteiger partial charge < -0.3 is 10.4 Å². The zero-order chi connectivity index (χ0) is 11.7. The van der Waals surface area contributed by atoms with Gasteiger partial charge in [0.2, 0.25) is 0 Å². The average molecular weight is 284 g/mol. The first-order valence-electron chi connectivity index (χ1n) is 5.31. The first-order chi connectivity index (χ1) is 7.58. The SMILES string of the molecule is Cc1ccc(NCC2CC2C(=O)O)c(Br)c1. The minimum atomic E-state index is -0.672. The van der Waals surface area contributed by atoms with Crippen molar-refractivity contribution in [3.63, 3.8) is 0 Å². The zero-order valence-corrected chi connectivity index (χ0v) is 10.6. The summed E-state index contributed by atoms with van der Waals surface area (Å²) < 4.78 is 1.03. The van der Waals surface area contributed by atoms with Crippen molar-refractivity contribution in [1.82, 2.24) is 0 Å². The molecule has 2 atom stereocenters. The number of benzene rings is 1. The highest BCUT2D eigenvalue weighted by Crippen LogP contribution is 2.39. The first kappa shape index (κ1) is 11.5. The molecule has 0 aliphatic heterocycles. The molecule has 1 aliphatic rings. The highest BCUT2D eigenvalue weighted by Gasteiger charge is 2.42. The molecule has 1 saturated carbocycles. The summed E-state index contributed by atoms with van der Waals surface area (Å²) in [6.45, 7) is 2.77. The summed E-state index contributed by atoms with van der Waals surface area (Å²) in [5, 5.41) is 12.1. The summed E-state index contributed by atoms with van der Waals surface area (Å²) >= 11 is 3.48. The molecule has 0 saturated heterocycles. The predicted octanol–water partition coefficient (Wildman–Crippen LogP) is 2.89. The third-order valence-electron chi connectivity index (χ3n) is 2.92. The molecule has 0 aromatic heterocycles. The highest BCUT2D eigenvalue weighted by atomic mass is 79.9. The van der Waals surface area contributed by atoms with Gasteiger partial charge in [0.25, 0.3) is 0 Å². The van der Waals surface area contributed by atoms with E-state index < -0.39 is 5.97 Å². The third-order valence-corrected chi connectivity index (χ3v) is 3.58. The third kappa shape index (κ3) is 2.55. The number of carboxylic acid groups (broad SMARTS) is 1. The van der Waals surface area contributed by atoms with Gasteiger partial charge in [0, 0.05) is 16.7 Å². The van der Waals surface area contributed by atoms with E-state index >= 15 is 0 Å². The molecule has 3 nitrogen and oxygen atoms in total. The number of carbonyl (C=O) groups is 1. The zero-order valence-electron chi connectivity index (χ0n) is 9.03. The van der Waals surface area contributed by atoms with E-state index in [1.807, 2.05) is 25.1 Å². The van der Waals surface area contributed by atoms with Gasteiger partial charge in [-0.05, 0) is 52.9 Å². The number of halogens is 1. The van der Waals surface area contributed by atoms with Crippen LogP contribution in [0.4, 0.5) is 5.69 Å². The van der Waals surface area contributed by atoms with E-state index in [1.165, 1.54) is 5.56 Å². The Hall–Kier alpha value is -1.03. The number of rotatable bonds is 4. The molecule has 1 aliphatic carbocycles. The fourth-order valence-electron chi connectivity index (χ4n) is 1.78. The molecule has 0 bridgehead atoms. The number of hydrogen-bond donors (Lipinski definition) is 2. The fourth-order valence-corrected chi connectivity index (χ4v) is 2.41. The number of aliphatic carboxylic acids is 1. The van der Waals surface area contributed by atoms with Gasteiger partial charge in [-0.3, -0.25) is 4.79 Å². The first-order valence-corrected chi connectivity index (χ1v) is 6.10. The second kappa shape index (κ2) is 4.45. The minimum Gasteiger partial charge on any atom is -0.481 e. The smallest absolute Gasteiger partial charge is 0.306 e. The van der Waals surface area contributed by atoms with Crippen molar-refractivity contribution in [2.24, 2.45) is 11.8 Å². The normalized spacial score (nSPS) is 22.9. The summed E-state index contributed by atoms with van der Waals surface area (Å²) in [7, 11) is 0. The van der Waals surface area contributed by atoms with Crippen molar-refractivity contribution in [3.05, 3.63) is 28.2 Å². The maximum Gasteiger partial charge on any atom is 0.306 e. The summed E-state index contributed by atoms with van der Waals surface area (Å²) in [5.74, 6) is -0.530. The second-order valence-corrected chi connectivity index (χ2v) is 5.16. The van der Waals surface area contributed by atoms with E-state index in [0.29, 0.717) is 0 Å². The lowest BCUT2D eigenvalue weighted by molar-refractivity contribution is -0.138. The van der Waals surface area contributed by atoms with Crippen LogP contribution in [0, 0.1) is 18.8 Å². The maximum atomic E-state index is 10.7. The molecule has 1 fully saturated rings. The van der Waals surface area contributed by atoms with Crippen LogP contribution in [0.3, 0.4) is 0 Å². The summed E-state index contributed by atoms with van der Waals surface area (Å²) in [6, 6.07) is 6.09. The molecule has 86 valence electrons. The molecule has 2 N–H and O–H groups in total. The van der Waals surface area contributed by atoms with E-state index in [2.05, 4.69) is 21.2 Å². The van der Waals surface area contributed by atoms with Crippen LogP contribution in [0.5, 0.6) is 0 Å². The molecule has 0 amide bonds. The van der Waals surface area contributed by atoms with Crippen LogP contribution in [0.2, 0.25) is 0 Å². The van der Waals surface area contributed by atoms with Gasteiger partial charge in [0.1, 0.15) is 0 Å². The topological polar surface area (TPSA) is 49.3 Å². The molecule has 0 heterocycles. The summed E-state index contributed by atoms with van der Waals surface area (Å²) in [6.07, 6.45) is 0.797. The lowest BCUT2D eigenvalue weighted by atomic mass is 10.2. The van der Waals surface area contributed by atoms with Gasteiger partial charge in [-0.1, -0.05) is 6.07 Å². The van der Waals surface area contributed by atoms with Gasteiger partial charge >= 0.3 is 5.97 Å². The maximum absolute atomic E-state index is 10.7. The van der Waals surface area contributed by atoms with E-state index in [4.69, 9.17) is 5.11 Å². The number of nitrogens with one attached hydrogen (secondary N) is 1. The quantitative estimate of drug-likeness (QED) is 0.893. The molecule has 16 heavy (non-hydrogen) atoms. The average Bonchev–Trinajstić information content (AvgIpc) is 2.96. The molecule has 2 rings (SSSR count). The van der Waals surface area contributed by atoms with Crippen LogP contribution in [-0.4, -0.2) is 17.6 Å². The second-order valence-electron chi connectivity index (χ2n) is 4.30. The Morgan fingerprint density at radius 3 is 2.94 bits per heavy atom. The summed E-state index contributed by atoms with van der Waals surface area (Å²) in [4.78, 5) is 10.7. The Bertz CT molecular complexity index is 419. The van der Waals surface area contributed by atoms with Gasteiger partial charge in [-0.2, -0.15) is 0 Å². The van der Waals surface area contributed by atoms with Crippen LogP contribution in [0.15, 0.2) is 22.7 Å². The largest absolute Gasteiger partial charge is 0.481 e. The van der Waals surface area contributed by atoms with Crippen molar-refractivity contribution < 1.29 is 9.90 Å². The van der Waals surface area contributed by atoms with Crippen LogP contribution in [0.1, 0.15) is 12.0 Å². The Balaban J connectivity index is 1.89. The Kier molecular flexibility index (Phi) is 3.19. The number of anilines is 1. The molecule has 0 spiro atoms. The number of carboxylic acids is 1. The summed E-state index contributed by atoms with van der Waals surface area (Å²) in [5.41, 5.74) is 2.23. The standard InChI is InChI=1S/C12H14BrNO2/c1-7-2-3-11(10(13)4-7)14-6-8-5-9(8)12(15)16/h2-4,8-9,14H,5-6H2,1H3,(H,15,16). The molecule has 1 aromatic carbocycles. The molecule has 2 unspecified atom stereocenters. The molecular weight excluding hydrogens is 270 g/mol. The molecule has 0 radical (unpaired) electrons. The molecule has 1 aromatic rings. The minimum absolute atomic E-state index is 0.142. The van der Waals surface area contributed by atoms with Crippen molar-refractivity contribution in [2.45, 2.75) is 13.3 Å². The van der Waals surface area contributed by atoms with Crippen LogP contribution in [-0.2, 0) is 4.79 Å². The van der Waals surface area contributed by atoms with E-state index in [1.54, 1.807) is 0 Å². The fraction of sp³-hybridized carbons (Fsp3) is 0.417. The van der Waals surface area contributed by atoms with Crippen molar-refractivity contribution >= 4 is 27.6 Å². The van der Waals surface area contributed by atoms with Gasteiger partial charge in [-0.15, -0.1) is 0 Å². The van der Waals surface area contributed by atoms with Gasteiger partial charge in [-0.25, -0.2) is 0 Å². The molecular formula is C12H14BrNO2. The van der Waals surface area contributed by atoms with E-state index in [9.17, 15) is 4.79 Å². The van der Waals surface area contributed by atoms with Crippen molar-refractivity contribution in [3.8, 4) is 0 Å². The van der Waals surface area contributed by atoms with Crippen molar-refractivity contribution in [1.29, 1.82) is 0 Å². The van der Waals surface area contributed by atoms with Crippen LogP contribution < -0.4 is 5.32 Å². The van der Waals surface area contributed by atoms with Crippen LogP contribution in [0.25, 0.3) is 0 Å².